The largest absolute Gasteiger partial charge is 0.323 e. The Morgan fingerprint density at radius 1 is 1.17 bits per heavy atom. The van der Waals surface area contributed by atoms with Crippen molar-refractivity contribution in [3.63, 3.8) is 0 Å². The van der Waals surface area contributed by atoms with Gasteiger partial charge in [0.05, 0.1) is 4.90 Å². The van der Waals surface area contributed by atoms with Gasteiger partial charge in [-0.2, -0.15) is 4.31 Å². The molecule has 6 heteroatoms. The molecule has 0 saturated heterocycles. The Labute approximate surface area is 145 Å². The molecular formula is C17H19BrN2O2S. The molecule has 23 heavy (non-hydrogen) atoms. The van der Waals surface area contributed by atoms with Gasteiger partial charge in [0.15, 0.2) is 0 Å². The maximum absolute atomic E-state index is 12.9. The second kappa shape index (κ2) is 6.36. The van der Waals surface area contributed by atoms with Crippen molar-refractivity contribution < 1.29 is 8.42 Å². The molecule has 1 atom stereocenters. The van der Waals surface area contributed by atoms with Gasteiger partial charge in [-0.1, -0.05) is 39.7 Å². The number of aryl methyl sites for hydroxylation is 1. The van der Waals surface area contributed by atoms with Gasteiger partial charge in [0.25, 0.3) is 0 Å². The van der Waals surface area contributed by atoms with Crippen molar-refractivity contribution in [3.8, 4) is 0 Å². The lowest BCUT2D eigenvalue weighted by molar-refractivity contribution is 0.401. The highest BCUT2D eigenvalue weighted by atomic mass is 79.9. The monoisotopic (exact) mass is 394 g/mol. The minimum atomic E-state index is -3.52. The van der Waals surface area contributed by atoms with Crippen LogP contribution in [0.5, 0.6) is 0 Å². The van der Waals surface area contributed by atoms with E-state index in [1.54, 1.807) is 12.1 Å². The zero-order valence-corrected chi connectivity index (χ0v) is 15.3. The van der Waals surface area contributed by atoms with Crippen LogP contribution in [-0.2, 0) is 16.4 Å². The fraction of sp³-hybridized carbons (Fsp3) is 0.294. The second-order valence-electron chi connectivity index (χ2n) is 5.88. The van der Waals surface area contributed by atoms with Crippen molar-refractivity contribution >= 4 is 26.0 Å². The molecule has 0 fully saturated rings. The summed E-state index contributed by atoms with van der Waals surface area (Å²) in [4.78, 5) is 0.322. The van der Waals surface area contributed by atoms with E-state index in [9.17, 15) is 8.42 Å². The van der Waals surface area contributed by atoms with Crippen LogP contribution in [0.1, 0.15) is 22.7 Å². The van der Waals surface area contributed by atoms with E-state index in [-0.39, 0.29) is 6.04 Å². The van der Waals surface area contributed by atoms with Crippen LogP contribution in [0, 0.1) is 6.92 Å². The molecule has 0 radical (unpaired) electrons. The maximum atomic E-state index is 12.9. The number of rotatable bonds is 2. The van der Waals surface area contributed by atoms with E-state index in [1.165, 1.54) is 4.31 Å². The molecule has 1 unspecified atom stereocenters. The first kappa shape index (κ1) is 16.6. The van der Waals surface area contributed by atoms with Crippen molar-refractivity contribution in [3.05, 3.63) is 63.6 Å². The fourth-order valence-corrected chi connectivity index (χ4v) is 4.76. The molecule has 2 N–H and O–H groups in total. The van der Waals surface area contributed by atoms with E-state index in [2.05, 4.69) is 15.9 Å². The van der Waals surface area contributed by atoms with Gasteiger partial charge in [0.2, 0.25) is 10.0 Å². The number of sulfonamides is 1. The summed E-state index contributed by atoms with van der Waals surface area (Å²) < 4.78 is 28.2. The highest BCUT2D eigenvalue weighted by molar-refractivity contribution is 9.10. The molecule has 3 rings (SSSR count). The Balaban J connectivity index is 1.92. The predicted octanol–water partition coefficient (Wildman–Crippen LogP) is 3.00. The SMILES string of the molecule is Cc1ccc(S(=O)(=O)N2CCc3cc(Br)ccc3C(N)C2)cc1. The van der Waals surface area contributed by atoms with Gasteiger partial charge >= 0.3 is 0 Å². The first-order chi connectivity index (χ1) is 10.9. The third-order valence-corrected chi connectivity index (χ3v) is 6.57. The molecule has 1 aliphatic heterocycles. The Bertz CT molecular complexity index is 819. The standard InChI is InChI=1S/C17H19BrN2O2S/c1-12-2-5-15(6-3-12)23(21,22)20-9-8-13-10-14(18)4-7-16(13)17(19)11-20/h2-7,10,17H,8-9,11,19H2,1H3. The maximum Gasteiger partial charge on any atom is 0.243 e. The van der Waals surface area contributed by atoms with Gasteiger partial charge in [-0.15, -0.1) is 0 Å². The van der Waals surface area contributed by atoms with E-state index in [0.717, 1.165) is 21.2 Å². The molecule has 0 aromatic heterocycles. The quantitative estimate of drug-likeness (QED) is 0.851. The lowest BCUT2D eigenvalue weighted by Gasteiger charge is -2.22. The lowest BCUT2D eigenvalue weighted by atomic mass is 10.0. The first-order valence-electron chi connectivity index (χ1n) is 7.48. The summed E-state index contributed by atoms with van der Waals surface area (Å²) in [5, 5.41) is 0. The number of fused-ring (bicyclic) bond motifs is 1. The van der Waals surface area contributed by atoms with Crippen LogP contribution in [0.4, 0.5) is 0 Å². The molecule has 0 bridgehead atoms. The third kappa shape index (κ3) is 3.35. The van der Waals surface area contributed by atoms with Gasteiger partial charge in [-0.3, -0.25) is 0 Å². The van der Waals surface area contributed by atoms with Crippen LogP contribution in [0.2, 0.25) is 0 Å². The van der Waals surface area contributed by atoms with E-state index in [1.807, 2.05) is 37.3 Å². The van der Waals surface area contributed by atoms with E-state index >= 15 is 0 Å². The van der Waals surface area contributed by atoms with Crippen LogP contribution in [-0.4, -0.2) is 25.8 Å². The normalized spacial score (nSPS) is 19.2. The first-order valence-corrected chi connectivity index (χ1v) is 9.72. The van der Waals surface area contributed by atoms with Crippen molar-refractivity contribution in [2.45, 2.75) is 24.3 Å². The van der Waals surface area contributed by atoms with Crippen molar-refractivity contribution in [1.82, 2.24) is 4.31 Å². The third-order valence-electron chi connectivity index (χ3n) is 4.19. The Kier molecular flexibility index (Phi) is 4.60. The van der Waals surface area contributed by atoms with Crippen LogP contribution in [0.15, 0.2) is 51.8 Å². The van der Waals surface area contributed by atoms with Crippen LogP contribution in [0.25, 0.3) is 0 Å². The second-order valence-corrected chi connectivity index (χ2v) is 8.73. The lowest BCUT2D eigenvalue weighted by Crippen LogP contribution is -2.36. The Morgan fingerprint density at radius 2 is 1.87 bits per heavy atom. The van der Waals surface area contributed by atoms with Crippen molar-refractivity contribution in [2.75, 3.05) is 13.1 Å². The number of benzene rings is 2. The number of nitrogens with two attached hydrogens (primary N) is 1. The van der Waals surface area contributed by atoms with Gasteiger partial charge in [0.1, 0.15) is 0 Å². The van der Waals surface area contributed by atoms with E-state index in [4.69, 9.17) is 5.73 Å². The summed E-state index contributed by atoms with van der Waals surface area (Å²) in [7, 11) is -3.52. The predicted molar refractivity (Wildman–Crippen MR) is 94.7 cm³/mol. The van der Waals surface area contributed by atoms with E-state index in [0.29, 0.717) is 24.4 Å². The molecule has 1 aliphatic rings. The molecule has 2 aromatic carbocycles. The average molecular weight is 395 g/mol. The molecular weight excluding hydrogens is 376 g/mol. The Morgan fingerprint density at radius 3 is 2.57 bits per heavy atom. The summed E-state index contributed by atoms with van der Waals surface area (Å²) in [6.07, 6.45) is 0.660. The van der Waals surface area contributed by atoms with Gasteiger partial charge in [-0.05, 0) is 48.7 Å². The van der Waals surface area contributed by atoms with Crippen LogP contribution >= 0.6 is 15.9 Å². The van der Waals surface area contributed by atoms with Gasteiger partial charge < -0.3 is 5.73 Å². The number of hydrogen-bond acceptors (Lipinski definition) is 3. The zero-order chi connectivity index (χ0) is 16.6. The Hall–Kier alpha value is -1.21. The van der Waals surface area contributed by atoms with Gasteiger partial charge in [0, 0.05) is 23.6 Å². The molecule has 0 aliphatic carbocycles. The van der Waals surface area contributed by atoms with Crippen molar-refractivity contribution in [2.24, 2.45) is 5.73 Å². The summed E-state index contributed by atoms with van der Waals surface area (Å²) in [5.41, 5.74) is 9.43. The highest BCUT2D eigenvalue weighted by Gasteiger charge is 2.29. The van der Waals surface area contributed by atoms with Crippen molar-refractivity contribution in [1.29, 1.82) is 0 Å². The zero-order valence-electron chi connectivity index (χ0n) is 12.9. The molecule has 0 amide bonds. The fourth-order valence-electron chi connectivity index (χ4n) is 2.88. The minimum absolute atomic E-state index is 0.296. The number of halogens is 1. The molecule has 0 spiro atoms. The molecule has 122 valence electrons. The van der Waals surface area contributed by atoms with Gasteiger partial charge in [-0.25, -0.2) is 8.42 Å². The summed E-state index contributed by atoms with van der Waals surface area (Å²) >= 11 is 3.46. The summed E-state index contributed by atoms with van der Waals surface area (Å²) in [6, 6.07) is 12.6. The number of hydrogen-bond donors (Lipinski definition) is 1. The molecule has 0 saturated carbocycles. The molecule has 2 aromatic rings. The smallest absolute Gasteiger partial charge is 0.243 e. The minimum Gasteiger partial charge on any atom is -0.323 e. The number of nitrogens with zero attached hydrogens (tertiary/aromatic N) is 1. The van der Waals surface area contributed by atoms with E-state index < -0.39 is 10.0 Å². The van der Waals surface area contributed by atoms with Crippen LogP contribution < -0.4 is 5.73 Å². The topological polar surface area (TPSA) is 63.4 Å². The molecule has 1 heterocycles. The molecule has 4 nitrogen and oxygen atoms in total. The summed E-state index contributed by atoms with van der Waals surface area (Å²) in [6.45, 7) is 2.67. The average Bonchev–Trinajstić information content (AvgIpc) is 2.67. The van der Waals surface area contributed by atoms with Crippen LogP contribution in [0.3, 0.4) is 0 Å². The summed E-state index contributed by atoms with van der Waals surface area (Å²) in [5.74, 6) is 0. The highest BCUT2D eigenvalue weighted by Crippen LogP contribution is 2.28.